The largest absolute Gasteiger partial charge is 0.468 e. The van der Waals surface area contributed by atoms with E-state index in [0.717, 1.165) is 5.38 Å². The molecule has 5 heteroatoms. The number of ketones is 1. The molecule has 1 aliphatic carbocycles. The van der Waals surface area contributed by atoms with E-state index in [1.54, 1.807) is 26.8 Å². The Morgan fingerprint density at radius 2 is 1.96 bits per heavy atom. The van der Waals surface area contributed by atoms with Gasteiger partial charge in [0.05, 0.1) is 5.38 Å². The summed E-state index contributed by atoms with van der Waals surface area (Å²) in [6.45, 7) is 15.4. The van der Waals surface area contributed by atoms with Gasteiger partial charge >= 0.3 is 0 Å². The lowest BCUT2D eigenvalue weighted by Gasteiger charge is -2.43. The van der Waals surface area contributed by atoms with E-state index in [9.17, 15) is 9.90 Å². The van der Waals surface area contributed by atoms with Gasteiger partial charge in [-0.05, 0) is 44.1 Å². The van der Waals surface area contributed by atoms with Crippen LogP contribution >= 0.6 is 0 Å². The first-order valence-electron chi connectivity index (χ1n) is 8.42. The van der Waals surface area contributed by atoms with Crippen molar-refractivity contribution in [3.8, 4) is 0 Å². The van der Waals surface area contributed by atoms with Crippen LogP contribution in [0.5, 0.6) is 0 Å². The van der Waals surface area contributed by atoms with Crippen molar-refractivity contribution in [2.75, 3.05) is 7.11 Å². The second-order valence-corrected chi connectivity index (χ2v) is 12.9. The van der Waals surface area contributed by atoms with E-state index in [-0.39, 0.29) is 12.2 Å². The van der Waals surface area contributed by atoms with Crippen LogP contribution in [0, 0.1) is 0 Å². The number of Topliss-reactive ketones (excluding diaryl/α,β-unsaturated/α-hetero) is 1. The van der Waals surface area contributed by atoms with Gasteiger partial charge in [-0.15, -0.1) is 5.73 Å². The standard InChI is InChI=1S/C20H28O4Si/c1-9-13(2)19(22)12-20(23-5,18(21)14(3)15(19)4)16-10-11-17(24-16)25(6,7)8/h10-11,22H,1,12H2,2-8H3/t19-,20+/m1/s1. The molecule has 0 radical (unpaired) electrons. The third kappa shape index (κ3) is 2.91. The van der Waals surface area contributed by atoms with Gasteiger partial charge in [0.15, 0.2) is 11.4 Å². The third-order valence-corrected chi connectivity index (χ3v) is 7.12. The molecule has 0 amide bonds. The highest BCUT2D eigenvalue weighted by Crippen LogP contribution is 2.47. The second kappa shape index (κ2) is 6.26. The molecular weight excluding hydrogens is 332 g/mol. The summed E-state index contributed by atoms with van der Waals surface area (Å²) in [5, 5.41) is 12.2. The van der Waals surface area contributed by atoms with Gasteiger partial charge in [0, 0.05) is 19.1 Å². The van der Waals surface area contributed by atoms with Crippen LogP contribution in [0.4, 0.5) is 0 Å². The van der Waals surface area contributed by atoms with Crippen molar-refractivity contribution in [1.29, 1.82) is 0 Å². The molecule has 0 unspecified atom stereocenters. The zero-order valence-electron chi connectivity index (χ0n) is 16.2. The summed E-state index contributed by atoms with van der Waals surface area (Å²) in [6, 6.07) is 3.72. The molecule has 0 fully saturated rings. The number of ether oxygens (including phenoxy) is 1. The molecule has 1 N–H and O–H groups in total. The number of aliphatic hydroxyl groups is 1. The zero-order valence-corrected chi connectivity index (χ0v) is 17.2. The Labute approximate surface area is 150 Å². The van der Waals surface area contributed by atoms with Crippen LogP contribution in [0.15, 0.2) is 45.6 Å². The summed E-state index contributed by atoms with van der Waals surface area (Å²) in [6.07, 6.45) is 0.0471. The van der Waals surface area contributed by atoms with Gasteiger partial charge in [0.25, 0.3) is 0 Å². The van der Waals surface area contributed by atoms with E-state index >= 15 is 0 Å². The maximum absolute atomic E-state index is 13.2. The van der Waals surface area contributed by atoms with E-state index in [1.807, 2.05) is 6.07 Å². The van der Waals surface area contributed by atoms with Crippen LogP contribution in [-0.2, 0) is 15.1 Å². The first kappa shape index (κ1) is 19.7. The van der Waals surface area contributed by atoms with E-state index in [1.165, 1.54) is 7.11 Å². The number of hydrogen-bond donors (Lipinski definition) is 1. The molecular formula is C20H28O4Si. The highest BCUT2D eigenvalue weighted by molar-refractivity contribution is 6.87. The van der Waals surface area contributed by atoms with E-state index in [2.05, 4.69) is 32.0 Å². The smallest absolute Gasteiger partial charge is 0.198 e. The average molecular weight is 361 g/mol. The number of rotatable bonds is 4. The molecule has 0 spiro atoms. The molecule has 0 saturated carbocycles. The van der Waals surface area contributed by atoms with Gasteiger partial charge in [-0.1, -0.05) is 26.2 Å². The first-order chi connectivity index (χ1) is 11.4. The Morgan fingerprint density at radius 1 is 1.36 bits per heavy atom. The molecule has 0 aromatic carbocycles. The molecule has 0 bridgehead atoms. The zero-order chi connectivity index (χ0) is 19.2. The maximum atomic E-state index is 13.2. The van der Waals surface area contributed by atoms with Crippen molar-refractivity contribution in [3.05, 3.63) is 46.9 Å². The van der Waals surface area contributed by atoms with Crippen LogP contribution in [0.3, 0.4) is 0 Å². The van der Waals surface area contributed by atoms with E-state index in [4.69, 9.17) is 9.15 Å². The highest BCUT2D eigenvalue weighted by Gasteiger charge is 2.55. The average Bonchev–Trinajstić information content (AvgIpc) is 3.06. The predicted molar refractivity (Wildman–Crippen MR) is 102 cm³/mol. The van der Waals surface area contributed by atoms with Gasteiger partial charge in [-0.3, -0.25) is 4.79 Å². The summed E-state index contributed by atoms with van der Waals surface area (Å²) >= 11 is 0. The normalized spacial score (nSPS) is 27.4. The van der Waals surface area contributed by atoms with Crippen molar-refractivity contribution < 1.29 is 19.1 Å². The van der Waals surface area contributed by atoms with Crippen molar-refractivity contribution in [1.82, 2.24) is 0 Å². The SMILES string of the molecule is C=C=C(C)[C@]1(O)C[C@](OC)(c2ccc([Si](C)(C)C)o2)C(=O)C(C)=C1C. The summed E-state index contributed by atoms with van der Waals surface area (Å²) < 4.78 is 11.8. The number of methoxy groups -OCH3 is 1. The van der Waals surface area contributed by atoms with Crippen LogP contribution in [0.25, 0.3) is 0 Å². The van der Waals surface area contributed by atoms with Gasteiger partial charge < -0.3 is 14.3 Å². The first-order valence-corrected chi connectivity index (χ1v) is 11.9. The van der Waals surface area contributed by atoms with Crippen molar-refractivity contribution in [2.45, 2.75) is 58.0 Å². The van der Waals surface area contributed by atoms with Crippen molar-refractivity contribution in [2.24, 2.45) is 0 Å². The molecule has 1 aromatic rings. The Morgan fingerprint density at radius 3 is 2.40 bits per heavy atom. The Hall–Kier alpha value is -1.65. The fourth-order valence-corrected chi connectivity index (χ4v) is 4.34. The van der Waals surface area contributed by atoms with Crippen LogP contribution in [0.2, 0.25) is 19.6 Å². The van der Waals surface area contributed by atoms with Crippen molar-refractivity contribution in [3.63, 3.8) is 0 Å². The fraction of sp³-hybridized carbons (Fsp3) is 0.500. The maximum Gasteiger partial charge on any atom is 0.198 e. The molecule has 1 heterocycles. The molecule has 0 aliphatic heterocycles. The highest BCUT2D eigenvalue weighted by atomic mass is 28.3. The van der Waals surface area contributed by atoms with E-state index < -0.39 is 19.3 Å². The summed E-state index contributed by atoms with van der Waals surface area (Å²) in [5.41, 5.74) is 1.73. The Bertz CT molecular complexity index is 789. The van der Waals surface area contributed by atoms with E-state index in [0.29, 0.717) is 22.5 Å². The summed E-state index contributed by atoms with van der Waals surface area (Å²) in [7, 11) is -0.192. The molecule has 1 aliphatic rings. The Kier molecular flexibility index (Phi) is 4.92. The van der Waals surface area contributed by atoms with Gasteiger partial charge in [-0.25, -0.2) is 0 Å². The minimum Gasteiger partial charge on any atom is -0.468 e. The molecule has 0 saturated heterocycles. The molecule has 4 nitrogen and oxygen atoms in total. The quantitative estimate of drug-likeness (QED) is 0.660. The summed E-state index contributed by atoms with van der Waals surface area (Å²) in [4.78, 5) is 13.2. The van der Waals surface area contributed by atoms with Gasteiger partial charge in [-0.2, -0.15) is 0 Å². The van der Waals surface area contributed by atoms with Crippen LogP contribution in [0.1, 0.15) is 33.0 Å². The minimum absolute atomic E-state index is 0.0471. The van der Waals surface area contributed by atoms with Crippen LogP contribution < -0.4 is 5.38 Å². The molecule has 2 rings (SSSR count). The lowest BCUT2D eigenvalue weighted by atomic mass is 9.67. The molecule has 136 valence electrons. The van der Waals surface area contributed by atoms with Gasteiger partial charge in [0.1, 0.15) is 19.4 Å². The number of carbonyl (C=O) groups is 1. The topological polar surface area (TPSA) is 59.7 Å². The molecule has 2 atom stereocenters. The lowest BCUT2D eigenvalue weighted by Crippen LogP contribution is -2.52. The summed E-state index contributed by atoms with van der Waals surface area (Å²) in [5.74, 6) is 0.269. The number of carbonyl (C=O) groups excluding carboxylic acids is 1. The monoisotopic (exact) mass is 360 g/mol. The van der Waals surface area contributed by atoms with Gasteiger partial charge in [0.2, 0.25) is 0 Å². The van der Waals surface area contributed by atoms with Crippen molar-refractivity contribution >= 4 is 19.2 Å². The predicted octanol–water partition coefficient (Wildman–Crippen LogP) is 3.44. The number of hydrogen-bond acceptors (Lipinski definition) is 4. The minimum atomic E-state index is -1.67. The third-order valence-electron chi connectivity index (χ3n) is 5.37. The van der Waals surface area contributed by atoms with Crippen LogP contribution in [-0.4, -0.2) is 31.7 Å². The molecule has 1 aromatic heterocycles. The lowest BCUT2D eigenvalue weighted by molar-refractivity contribution is -0.150. The number of furan rings is 1. The second-order valence-electron chi connectivity index (χ2n) is 7.86. The fourth-order valence-electron chi connectivity index (χ4n) is 3.34. The molecule has 25 heavy (non-hydrogen) atoms. The Balaban J connectivity index is 2.71.